The fourth-order valence-electron chi connectivity index (χ4n) is 2.32. The van der Waals surface area contributed by atoms with Crippen LogP contribution in [0, 0.1) is 0 Å². The van der Waals surface area contributed by atoms with Crippen molar-refractivity contribution >= 4 is 11.5 Å². The fourth-order valence-corrected chi connectivity index (χ4v) is 2.32. The van der Waals surface area contributed by atoms with E-state index in [2.05, 4.69) is 6.58 Å². The quantitative estimate of drug-likeness (QED) is 0.568. The molecule has 2 aromatic carbocycles. The van der Waals surface area contributed by atoms with Crippen LogP contribution in [-0.2, 0) is 17.1 Å². The van der Waals surface area contributed by atoms with Crippen molar-refractivity contribution in [3.05, 3.63) is 76.9 Å². The minimum atomic E-state index is -4.96. The Hall–Kier alpha value is -2.81. The number of benzene rings is 2. The molecule has 0 atom stereocenters. The van der Waals surface area contributed by atoms with Gasteiger partial charge in [-0.15, -0.1) is 0 Å². The van der Waals surface area contributed by atoms with Crippen LogP contribution in [0.2, 0.25) is 0 Å². The predicted octanol–water partition coefficient (Wildman–Crippen LogP) is 4.93. The number of esters is 1. The first-order valence-electron chi connectivity index (χ1n) is 7.80. The number of alkyl halides is 6. The topological polar surface area (TPSA) is 46.5 Å². The van der Waals surface area contributed by atoms with E-state index in [0.717, 1.165) is 0 Å². The molecule has 0 saturated carbocycles. The second-order valence-electron chi connectivity index (χ2n) is 5.71. The van der Waals surface area contributed by atoms with Crippen LogP contribution in [0.1, 0.15) is 32.6 Å². The number of carbonyl (C=O) groups excluding carboxylic acids is 1. The molecule has 3 nitrogen and oxygen atoms in total. The third-order valence-electron chi connectivity index (χ3n) is 3.73. The largest absolute Gasteiger partial charge is 0.460 e. The Bertz CT molecular complexity index is 834. The Labute approximate surface area is 155 Å². The van der Waals surface area contributed by atoms with E-state index < -0.39 is 29.4 Å². The molecule has 0 radical (unpaired) electrons. The van der Waals surface area contributed by atoms with Crippen molar-refractivity contribution in [1.29, 1.82) is 0 Å². The Morgan fingerprint density at radius 2 is 1.32 bits per heavy atom. The van der Waals surface area contributed by atoms with Crippen molar-refractivity contribution in [2.75, 3.05) is 13.2 Å². The summed E-state index contributed by atoms with van der Waals surface area (Å²) in [4.78, 5) is 11.7. The molecule has 0 aromatic heterocycles. The van der Waals surface area contributed by atoms with Crippen LogP contribution in [0.5, 0.6) is 0 Å². The minimum Gasteiger partial charge on any atom is -0.460 e. The third-order valence-corrected chi connectivity index (χ3v) is 3.73. The molecule has 150 valence electrons. The highest BCUT2D eigenvalue weighted by Crippen LogP contribution is 2.38. The van der Waals surface area contributed by atoms with Crippen molar-refractivity contribution in [3.63, 3.8) is 0 Å². The maximum Gasteiger partial charge on any atom is 0.416 e. The van der Waals surface area contributed by atoms with Crippen LogP contribution in [0.15, 0.2) is 49.0 Å². The first-order chi connectivity index (χ1) is 12.9. The average Bonchev–Trinajstić information content (AvgIpc) is 2.63. The van der Waals surface area contributed by atoms with E-state index in [0.29, 0.717) is 12.1 Å². The van der Waals surface area contributed by atoms with E-state index in [4.69, 9.17) is 9.84 Å². The lowest BCUT2D eigenvalue weighted by Crippen LogP contribution is -2.11. The molecule has 0 unspecified atom stereocenters. The van der Waals surface area contributed by atoms with Crippen LogP contribution >= 0.6 is 0 Å². The molecule has 0 spiro atoms. The Morgan fingerprint density at radius 1 is 0.857 bits per heavy atom. The monoisotopic (exact) mass is 404 g/mol. The average molecular weight is 404 g/mol. The van der Waals surface area contributed by atoms with Crippen LogP contribution in [0.25, 0.3) is 5.57 Å². The molecular weight excluding hydrogens is 390 g/mol. The highest BCUT2D eigenvalue weighted by Gasteiger charge is 2.37. The molecule has 9 heteroatoms. The van der Waals surface area contributed by atoms with Gasteiger partial charge in [0.1, 0.15) is 6.61 Å². The summed E-state index contributed by atoms with van der Waals surface area (Å²) in [5.41, 5.74) is -2.98. The smallest absolute Gasteiger partial charge is 0.416 e. The maximum atomic E-state index is 13.0. The van der Waals surface area contributed by atoms with Crippen molar-refractivity contribution in [2.45, 2.75) is 12.4 Å². The van der Waals surface area contributed by atoms with E-state index in [1.807, 2.05) is 0 Å². The molecule has 2 rings (SSSR count). The number of aliphatic hydroxyl groups excluding tert-OH is 1. The number of ether oxygens (including phenoxy) is 1. The molecule has 0 fully saturated rings. The number of hydrogen-bond donors (Lipinski definition) is 1. The molecule has 0 aliphatic rings. The molecule has 0 heterocycles. The van der Waals surface area contributed by atoms with Gasteiger partial charge in [0, 0.05) is 0 Å². The SMILES string of the molecule is C=C(c1ccc(C(=O)OCCO)cc1)c1cc(C(F)(F)F)cc(C(F)(F)F)c1. The molecule has 28 heavy (non-hydrogen) atoms. The normalized spacial score (nSPS) is 12.0. The molecule has 1 N–H and O–H groups in total. The number of carbonyl (C=O) groups is 1. The van der Waals surface area contributed by atoms with Gasteiger partial charge >= 0.3 is 18.3 Å². The molecule has 0 aliphatic heterocycles. The lowest BCUT2D eigenvalue weighted by Gasteiger charge is -2.15. The van der Waals surface area contributed by atoms with Gasteiger partial charge in [-0.05, 0) is 47.0 Å². The van der Waals surface area contributed by atoms with E-state index in [-0.39, 0.29) is 41.5 Å². The van der Waals surface area contributed by atoms with Crippen LogP contribution in [0.3, 0.4) is 0 Å². The van der Waals surface area contributed by atoms with E-state index in [1.165, 1.54) is 24.3 Å². The van der Waals surface area contributed by atoms with E-state index in [1.54, 1.807) is 0 Å². The molecule has 2 aromatic rings. The fraction of sp³-hybridized carbons (Fsp3) is 0.211. The number of rotatable bonds is 5. The predicted molar refractivity (Wildman–Crippen MR) is 88.4 cm³/mol. The van der Waals surface area contributed by atoms with Gasteiger partial charge in [-0.3, -0.25) is 0 Å². The number of aliphatic hydroxyl groups is 1. The highest BCUT2D eigenvalue weighted by atomic mass is 19.4. The molecule has 0 bridgehead atoms. The van der Waals surface area contributed by atoms with Crippen molar-refractivity contribution in [1.82, 2.24) is 0 Å². The lowest BCUT2D eigenvalue weighted by atomic mass is 9.95. The van der Waals surface area contributed by atoms with Gasteiger partial charge in [0.25, 0.3) is 0 Å². The maximum absolute atomic E-state index is 13.0. The van der Waals surface area contributed by atoms with Gasteiger partial charge in [-0.25, -0.2) is 4.79 Å². The Balaban J connectivity index is 2.39. The summed E-state index contributed by atoms with van der Waals surface area (Å²) >= 11 is 0. The molecule has 0 aliphatic carbocycles. The minimum absolute atomic E-state index is 0.0387. The lowest BCUT2D eigenvalue weighted by molar-refractivity contribution is -0.143. The molecule has 0 amide bonds. The summed E-state index contributed by atoms with van der Waals surface area (Å²) < 4.78 is 82.6. The number of hydrogen-bond acceptors (Lipinski definition) is 3. The summed E-state index contributed by atoms with van der Waals surface area (Å²) in [7, 11) is 0. The van der Waals surface area contributed by atoms with Crippen LogP contribution in [0.4, 0.5) is 26.3 Å². The number of halogens is 6. The summed E-state index contributed by atoms with van der Waals surface area (Å²) in [5, 5.41) is 8.62. The summed E-state index contributed by atoms with van der Waals surface area (Å²) in [6.07, 6.45) is -9.92. The van der Waals surface area contributed by atoms with Crippen molar-refractivity contribution < 1.29 is 41.0 Å². The van der Waals surface area contributed by atoms with E-state index in [9.17, 15) is 31.1 Å². The first-order valence-corrected chi connectivity index (χ1v) is 7.80. The van der Waals surface area contributed by atoms with Gasteiger partial charge in [-0.1, -0.05) is 18.7 Å². The third kappa shape index (κ3) is 5.13. The van der Waals surface area contributed by atoms with Gasteiger partial charge in [0.15, 0.2) is 0 Å². The van der Waals surface area contributed by atoms with E-state index >= 15 is 0 Å². The second-order valence-corrected chi connectivity index (χ2v) is 5.71. The Morgan fingerprint density at radius 3 is 1.75 bits per heavy atom. The Kier molecular flexibility index (Phi) is 6.18. The van der Waals surface area contributed by atoms with Gasteiger partial charge < -0.3 is 9.84 Å². The highest BCUT2D eigenvalue weighted by molar-refractivity contribution is 5.90. The van der Waals surface area contributed by atoms with Crippen molar-refractivity contribution in [3.8, 4) is 0 Å². The summed E-state index contributed by atoms with van der Waals surface area (Å²) in [5.74, 6) is -0.732. The molecular formula is C19H14F6O3. The standard InChI is InChI=1S/C19H14F6O3/c1-11(12-2-4-13(5-3-12)17(27)28-7-6-26)14-8-15(18(20,21)22)10-16(9-14)19(23,24)25/h2-5,8-10,26H,1,6-7H2. The zero-order valence-electron chi connectivity index (χ0n) is 14.2. The van der Waals surface area contributed by atoms with Crippen molar-refractivity contribution in [2.24, 2.45) is 0 Å². The van der Waals surface area contributed by atoms with Gasteiger partial charge in [0.05, 0.1) is 23.3 Å². The zero-order valence-corrected chi connectivity index (χ0v) is 14.2. The molecule has 0 saturated heterocycles. The van der Waals surface area contributed by atoms with Gasteiger partial charge in [0.2, 0.25) is 0 Å². The van der Waals surface area contributed by atoms with Crippen LogP contribution in [-0.4, -0.2) is 24.3 Å². The summed E-state index contributed by atoms with van der Waals surface area (Å²) in [6.45, 7) is 3.01. The first kappa shape index (κ1) is 21.5. The van der Waals surface area contributed by atoms with Crippen LogP contribution < -0.4 is 0 Å². The zero-order chi connectivity index (χ0) is 21.1. The van der Waals surface area contributed by atoms with Gasteiger partial charge in [-0.2, -0.15) is 26.3 Å². The summed E-state index contributed by atoms with van der Waals surface area (Å²) in [6, 6.07) is 6.44. The second kappa shape index (κ2) is 8.05.